The molecular formula is C17H31N7O3S. The molecule has 2 aliphatic heterocycles. The zero-order valence-electron chi connectivity index (χ0n) is 16.9. The number of hydrogen-bond acceptors (Lipinski definition) is 6. The first kappa shape index (κ1) is 21.0. The van der Waals surface area contributed by atoms with Crippen molar-refractivity contribution >= 4 is 16.0 Å². The second kappa shape index (κ2) is 9.19. The van der Waals surface area contributed by atoms with Crippen LogP contribution in [0.4, 0.5) is 0 Å². The monoisotopic (exact) mass is 413 g/mol. The number of aromatic nitrogens is 3. The molecule has 3 rings (SSSR count). The first-order valence-electron chi connectivity index (χ1n) is 9.80. The van der Waals surface area contributed by atoms with Crippen molar-refractivity contribution in [3.05, 3.63) is 11.6 Å². The second-order valence-electron chi connectivity index (χ2n) is 7.45. The zero-order chi connectivity index (χ0) is 20.1. The summed E-state index contributed by atoms with van der Waals surface area (Å²) < 4.78 is 33.1. The van der Waals surface area contributed by atoms with Crippen molar-refractivity contribution in [1.29, 1.82) is 0 Å². The number of nitrogens with zero attached hydrogens (tertiary/aromatic N) is 5. The Labute approximate surface area is 166 Å². The van der Waals surface area contributed by atoms with Gasteiger partial charge in [0.25, 0.3) is 0 Å². The summed E-state index contributed by atoms with van der Waals surface area (Å²) in [5.41, 5.74) is 0. The molecule has 1 aromatic rings. The molecule has 3 heterocycles. The van der Waals surface area contributed by atoms with Crippen LogP contribution >= 0.6 is 0 Å². The van der Waals surface area contributed by atoms with E-state index in [0.717, 1.165) is 43.9 Å². The topological polar surface area (TPSA) is 114 Å². The summed E-state index contributed by atoms with van der Waals surface area (Å²) >= 11 is 0. The van der Waals surface area contributed by atoms with E-state index in [4.69, 9.17) is 4.74 Å². The van der Waals surface area contributed by atoms with Crippen molar-refractivity contribution < 1.29 is 13.2 Å². The summed E-state index contributed by atoms with van der Waals surface area (Å²) in [5, 5.41) is 14.8. The van der Waals surface area contributed by atoms with Gasteiger partial charge >= 0.3 is 0 Å². The van der Waals surface area contributed by atoms with Gasteiger partial charge in [-0.2, -0.15) is 4.31 Å². The predicted octanol–water partition coefficient (Wildman–Crippen LogP) is -0.238. The highest BCUT2D eigenvalue weighted by atomic mass is 32.2. The fourth-order valence-corrected chi connectivity index (χ4v) is 4.78. The molecule has 0 aliphatic carbocycles. The fourth-order valence-electron chi connectivity index (χ4n) is 3.59. The molecule has 10 nitrogen and oxygen atoms in total. The number of aryl methyl sites for hydroxylation is 1. The molecule has 0 aromatic carbocycles. The van der Waals surface area contributed by atoms with Crippen LogP contribution in [0.5, 0.6) is 0 Å². The van der Waals surface area contributed by atoms with E-state index >= 15 is 0 Å². The molecule has 28 heavy (non-hydrogen) atoms. The van der Waals surface area contributed by atoms with E-state index in [-0.39, 0.29) is 12.1 Å². The van der Waals surface area contributed by atoms with Gasteiger partial charge in [0, 0.05) is 39.3 Å². The highest BCUT2D eigenvalue weighted by Crippen LogP contribution is 2.19. The molecule has 11 heteroatoms. The first-order chi connectivity index (χ1) is 13.3. The van der Waals surface area contributed by atoms with Crippen LogP contribution in [0.25, 0.3) is 0 Å². The molecule has 0 saturated carbocycles. The Hall–Kier alpha value is -1.72. The second-order valence-corrected chi connectivity index (χ2v) is 9.39. The maximum atomic E-state index is 12.0. The largest absolute Gasteiger partial charge is 0.376 e. The molecule has 1 unspecified atom stereocenters. The zero-order valence-corrected chi connectivity index (χ0v) is 17.7. The van der Waals surface area contributed by atoms with Crippen molar-refractivity contribution in [3.8, 4) is 0 Å². The third kappa shape index (κ3) is 5.42. The SMILES string of the molecule is Cc1nnc(CN=C(NCC2CCCO2)NC[C@H]2CCCN2S(C)(=O)=O)n1C. The van der Waals surface area contributed by atoms with Gasteiger partial charge in [-0.05, 0) is 32.6 Å². The lowest BCUT2D eigenvalue weighted by atomic mass is 10.2. The van der Waals surface area contributed by atoms with E-state index in [9.17, 15) is 8.42 Å². The Morgan fingerprint density at radius 3 is 2.68 bits per heavy atom. The normalized spacial score (nSPS) is 24.0. The smallest absolute Gasteiger partial charge is 0.211 e. The Bertz CT molecular complexity index is 787. The average Bonchev–Trinajstić information content (AvgIpc) is 3.38. The van der Waals surface area contributed by atoms with E-state index in [1.54, 1.807) is 4.31 Å². The minimum Gasteiger partial charge on any atom is -0.376 e. The molecular weight excluding hydrogens is 382 g/mol. The van der Waals surface area contributed by atoms with E-state index in [2.05, 4.69) is 25.8 Å². The van der Waals surface area contributed by atoms with Crippen molar-refractivity contribution in [1.82, 2.24) is 29.7 Å². The Morgan fingerprint density at radius 2 is 2.04 bits per heavy atom. The van der Waals surface area contributed by atoms with Crippen molar-refractivity contribution in [2.24, 2.45) is 12.0 Å². The molecule has 0 radical (unpaired) electrons. The lowest BCUT2D eigenvalue weighted by molar-refractivity contribution is 0.113. The van der Waals surface area contributed by atoms with Gasteiger partial charge in [-0.25, -0.2) is 13.4 Å². The van der Waals surface area contributed by atoms with Crippen LogP contribution in [-0.4, -0.2) is 78.1 Å². The van der Waals surface area contributed by atoms with Crippen LogP contribution in [0, 0.1) is 6.92 Å². The lowest BCUT2D eigenvalue weighted by Gasteiger charge is -2.24. The Kier molecular flexibility index (Phi) is 6.89. The molecule has 0 spiro atoms. The molecule has 0 bridgehead atoms. The summed E-state index contributed by atoms with van der Waals surface area (Å²) in [4.78, 5) is 4.62. The molecule has 2 N–H and O–H groups in total. The average molecular weight is 414 g/mol. The van der Waals surface area contributed by atoms with Gasteiger partial charge in [-0.15, -0.1) is 10.2 Å². The highest BCUT2D eigenvalue weighted by Gasteiger charge is 2.31. The number of nitrogens with one attached hydrogen (secondary N) is 2. The molecule has 1 aromatic heterocycles. The van der Waals surface area contributed by atoms with E-state index in [1.807, 2.05) is 18.5 Å². The minimum absolute atomic E-state index is 0.0539. The van der Waals surface area contributed by atoms with Gasteiger partial charge in [0.15, 0.2) is 11.8 Å². The summed E-state index contributed by atoms with van der Waals surface area (Å²) in [6, 6.07) is -0.0539. The van der Waals surface area contributed by atoms with Gasteiger partial charge < -0.3 is 19.9 Å². The number of rotatable bonds is 7. The quantitative estimate of drug-likeness (QED) is 0.468. The van der Waals surface area contributed by atoms with E-state index in [1.165, 1.54) is 6.26 Å². The molecule has 2 saturated heterocycles. The van der Waals surface area contributed by atoms with Crippen molar-refractivity contribution in [2.75, 3.05) is 32.5 Å². The van der Waals surface area contributed by atoms with Gasteiger partial charge in [-0.1, -0.05) is 0 Å². The van der Waals surface area contributed by atoms with Crippen LogP contribution in [-0.2, 0) is 28.4 Å². The highest BCUT2D eigenvalue weighted by molar-refractivity contribution is 7.88. The van der Waals surface area contributed by atoms with E-state index in [0.29, 0.717) is 32.1 Å². The van der Waals surface area contributed by atoms with Gasteiger partial charge in [0.1, 0.15) is 12.4 Å². The predicted molar refractivity (Wildman–Crippen MR) is 106 cm³/mol. The molecule has 2 aliphatic rings. The van der Waals surface area contributed by atoms with Crippen LogP contribution < -0.4 is 10.6 Å². The fraction of sp³-hybridized carbons (Fsp3) is 0.824. The number of guanidine groups is 1. The number of aliphatic imine (C=N–C) groups is 1. The summed E-state index contributed by atoms with van der Waals surface area (Å²) in [6.45, 7) is 4.86. The summed E-state index contributed by atoms with van der Waals surface area (Å²) in [6.07, 6.45) is 5.30. The minimum atomic E-state index is -3.19. The Balaban J connectivity index is 1.63. The van der Waals surface area contributed by atoms with Crippen LogP contribution in [0.3, 0.4) is 0 Å². The van der Waals surface area contributed by atoms with Gasteiger partial charge in [0.2, 0.25) is 10.0 Å². The third-order valence-electron chi connectivity index (χ3n) is 5.34. The molecule has 158 valence electrons. The first-order valence-corrected chi connectivity index (χ1v) is 11.6. The Morgan fingerprint density at radius 1 is 1.25 bits per heavy atom. The maximum absolute atomic E-state index is 12.0. The number of ether oxygens (including phenoxy) is 1. The number of hydrogen-bond donors (Lipinski definition) is 2. The third-order valence-corrected chi connectivity index (χ3v) is 6.67. The maximum Gasteiger partial charge on any atom is 0.211 e. The van der Waals surface area contributed by atoms with Gasteiger partial charge in [-0.3, -0.25) is 0 Å². The van der Waals surface area contributed by atoms with E-state index < -0.39 is 10.0 Å². The molecule has 2 atom stereocenters. The van der Waals surface area contributed by atoms with Crippen molar-refractivity contribution in [3.63, 3.8) is 0 Å². The molecule has 0 amide bonds. The summed E-state index contributed by atoms with van der Waals surface area (Å²) in [7, 11) is -1.28. The summed E-state index contributed by atoms with van der Waals surface area (Å²) in [5.74, 6) is 2.24. The van der Waals surface area contributed by atoms with Crippen molar-refractivity contribution in [2.45, 2.75) is 51.3 Å². The van der Waals surface area contributed by atoms with Crippen LogP contribution in [0.1, 0.15) is 37.3 Å². The lowest BCUT2D eigenvalue weighted by Crippen LogP contribution is -2.47. The molecule has 2 fully saturated rings. The standard InChI is InChI=1S/C17H31N7O3S/c1-13-21-22-16(23(13)2)12-20-17(19-11-15-7-5-9-27-15)18-10-14-6-4-8-24(14)28(3,25)26/h14-15H,4-12H2,1-3H3,(H2,18,19,20)/t14-,15?/m1/s1. The van der Waals surface area contributed by atoms with Crippen LogP contribution in [0.15, 0.2) is 4.99 Å². The number of sulfonamides is 1. The van der Waals surface area contributed by atoms with Gasteiger partial charge in [0.05, 0.1) is 12.4 Å². The van der Waals surface area contributed by atoms with Crippen LogP contribution in [0.2, 0.25) is 0 Å².